The topological polar surface area (TPSA) is 77.5 Å². The number of benzene rings is 1. The van der Waals surface area contributed by atoms with Gasteiger partial charge in [0.05, 0.1) is 25.3 Å². The van der Waals surface area contributed by atoms with E-state index >= 15 is 0 Å². The van der Waals surface area contributed by atoms with E-state index in [0.717, 1.165) is 21.9 Å². The van der Waals surface area contributed by atoms with Crippen LogP contribution >= 0.6 is 22.9 Å². The summed E-state index contributed by atoms with van der Waals surface area (Å²) < 4.78 is 10.6. The van der Waals surface area contributed by atoms with Crippen LogP contribution in [0.3, 0.4) is 0 Å². The van der Waals surface area contributed by atoms with E-state index < -0.39 is 0 Å². The Kier molecular flexibility index (Phi) is 8.06. The Labute approximate surface area is 167 Å². The number of esters is 1. The molecule has 0 aliphatic rings. The number of ether oxygens (including phenoxy) is 2. The first-order valence-electron chi connectivity index (χ1n) is 8.68. The van der Waals surface area contributed by atoms with Crippen molar-refractivity contribution < 1.29 is 19.1 Å². The summed E-state index contributed by atoms with van der Waals surface area (Å²) in [6, 6.07) is 3.77. The molecule has 0 fully saturated rings. The van der Waals surface area contributed by atoms with Crippen molar-refractivity contribution in [2.24, 2.45) is 0 Å². The van der Waals surface area contributed by atoms with Crippen LogP contribution in [0.5, 0.6) is 5.75 Å². The maximum Gasteiger partial charge on any atom is 0.311 e. The third kappa shape index (κ3) is 6.84. The van der Waals surface area contributed by atoms with Crippen molar-refractivity contribution in [3.8, 4) is 5.75 Å². The van der Waals surface area contributed by atoms with Crippen LogP contribution in [0.2, 0.25) is 5.02 Å². The highest BCUT2D eigenvalue weighted by Gasteiger charge is 2.10. The number of halogens is 1. The smallest absolute Gasteiger partial charge is 0.311 e. The van der Waals surface area contributed by atoms with E-state index in [1.807, 2.05) is 26.0 Å². The monoisotopic (exact) mass is 410 g/mol. The molecule has 0 saturated heterocycles. The minimum Gasteiger partial charge on any atom is -0.494 e. The summed E-state index contributed by atoms with van der Waals surface area (Å²) in [7, 11) is 0. The molecule has 2 aromatic rings. The van der Waals surface area contributed by atoms with Crippen LogP contribution in [-0.4, -0.2) is 30.1 Å². The SMILES string of the molecule is CCOC(=O)Cc1csc(NC(=O)CCCOc2cc(C)c(Cl)c(C)c2)n1. The van der Waals surface area contributed by atoms with E-state index in [0.29, 0.717) is 36.9 Å². The zero-order valence-corrected chi connectivity index (χ0v) is 17.2. The molecule has 1 amide bonds. The minimum absolute atomic E-state index is 0.105. The molecular formula is C19H23ClN2O4S. The maximum atomic E-state index is 12.0. The van der Waals surface area contributed by atoms with Gasteiger partial charge in [-0.2, -0.15) is 0 Å². The lowest BCUT2D eigenvalue weighted by Gasteiger charge is -2.09. The second-order valence-electron chi connectivity index (χ2n) is 6.00. The molecule has 6 nitrogen and oxygen atoms in total. The number of aryl methyl sites for hydroxylation is 2. The van der Waals surface area contributed by atoms with Crippen molar-refractivity contribution in [3.63, 3.8) is 0 Å². The molecule has 0 atom stereocenters. The standard InChI is InChI=1S/C19H23ClN2O4S/c1-4-25-17(24)10-14-11-27-19(21-14)22-16(23)6-5-7-26-15-8-12(2)18(20)13(3)9-15/h8-9,11H,4-7,10H2,1-3H3,(H,21,22,23). The lowest BCUT2D eigenvalue weighted by Crippen LogP contribution is -2.13. The van der Waals surface area contributed by atoms with Gasteiger partial charge in [0.2, 0.25) is 5.91 Å². The fourth-order valence-corrected chi connectivity index (χ4v) is 3.24. The molecule has 0 saturated carbocycles. The number of carbonyl (C=O) groups excluding carboxylic acids is 2. The van der Waals surface area contributed by atoms with Gasteiger partial charge in [0.25, 0.3) is 0 Å². The highest BCUT2D eigenvalue weighted by atomic mass is 35.5. The number of aromatic nitrogens is 1. The number of hydrogen-bond donors (Lipinski definition) is 1. The molecule has 0 unspecified atom stereocenters. The van der Waals surface area contributed by atoms with E-state index in [1.165, 1.54) is 11.3 Å². The van der Waals surface area contributed by atoms with E-state index in [2.05, 4.69) is 10.3 Å². The molecule has 8 heteroatoms. The number of carbonyl (C=O) groups is 2. The Hall–Kier alpha value is -2.12. The van der Waals surface area contributed by atoms with Gasteiger partial charge in [0, 0.05) is 16.8 Å². The van der Waals surface area contributed by atoms with Crippen LogP contribution < -0.4 is 10.1 Å². The van der Waals surface area contributed by atoms with Gasteiger partial charge in [-0.3, -0.25) is 9.59 Å². The average molecular weight is 411 g/mol. The average Bonchev–Trinajstić information content (AvgIpc) is 3.03. The molecule has 27 heavy (non-hydrogen) atoms. The lowest BCUT2D eigenvalue weighted by molar-refractivity contribution is -0.142. The molecule has 0 aliphatic heterocycles. The molecule has 0 radical (unpaired) electrons. The largest absolute Gasteiger partial charge is 0.494 e. The Balaban J connectivity index is 1.72. The number of anilines is 1. The molecule has 0 bridgehead atoms. The predicted molar refractivity (Wildman–Crippen MR) is 107 cm³/mol. The predicted octanol–water partition coefficient (Wildman–Crippen LogP) is 4.32. The number of amides is 1. The van der Waals surface area contributed by atoms with Crippen molar-refractivity contribution in [2.45, 2.75) is 40.0 Å². The Bertz CT molecular complexity index is 784. The fourth-order valence-electron chi connectivity index (χ4n) is 2.40. The van der Waals surface area contributed by atoms with Crippen molar-refractivity contribution in [1.82, 2.24) is 4.98 Å². The molecule has 0 spiro atoms. The van der Waals surface area contributed by atoms with Crippen LogP contribution in [0, 0.1) is 13.8 Å². The molecule has 1 N–H and O–H groups in total. The number of thiazole rings is 1. The summed E-state index contributed by atoms with van der Waals surface area (Å²) in [6.07, 6.45) is 1.000. The quantitative estimate of drug-likeness (QED) is 0.492. The van der Waals surface area contributed by atoms with Gasteiger partial charge in [0.1, 0.15) is 5.75 Å². The second-order valence-corrected chi connectivity index (χ2v) is 7.23. The molecule has 1 heterocycles. The zero-order chi connectivity index (χ0) is 19.8. The first-order valence-corrected chi connectivity index (χ1v) is 9.94. The molecular weight excluding hydrogens is 388 g/mol. The normalized spacial score (nSPS) is 10.5. The molecule has 1 aromatic heterocycles. The van der Waals surface area contributed by atoms with Gasteiger partial charge in [-0.25, -0.2) is 4.98 Å². The van der Waals surface area contributed by atoms with Crippen molar-refractivity contribution in [1.29, 1.82) is 0 Å². The zero-order valence-electron chi connectivity index (χ0n) is 15.6. The Morgan fingerprint density at radius 3 is 2.63 bits per heavy atom. The highest BCUT2D eigenvalue weighted by Crippen LogP contribution is 2.26. The number of nitrogens with one attached hydrogen (secondary N) is 1. The van der Waals surface area contributed by atoms with E-state index in [-0.39, 0.29) is 18.3 Å². The van der Waals surface area contributed by atoms with Crippen molar-refractivity contribution in [3.05, 3.63) is 39.4 Å². The summed E-state index contributed by atoms with van der Waals surface area (Å²) in [5.41, 5.74) is 2.52. The molecule has 0 aliphatic carbocycles. The molecule has 1 aromatic carbocycles. The number of rotatable bonds is 9. The number of nitrogens with zero attached hydrogens (tertiary/aromatic N) is 1. The summed E-state index contributed by atoms with van der Waals surface area (Å²) in [6.45, 7) is 6.38. The minimum atomic E-state index is -0.328. The summed E-state index contributed by atoms with van der Waals surface area (Å²) in [5, 5.41) is 5.69. The van der Waals surface area contributed by atoms with Crippen molar-refractivity contribution in [2.75, 3.05) is 18.5 Å². The van der Waals surface area contributed by atoms with Crippen LogP contribution in [0.25, 0.3) is 0 Å². The van der Waals surface area contributed by atoms with E-state index in [9.17, 15) is 9.59 Å². The van der Waals surface area contributed by atoms with Crippen LogP contribution in [-0.2, 0) is 20.7 Å². The summed E-state index contributed by atoms with van der Waals surface area (Å²) >= 11 is 7.42. The van der Waals surface area contributed by atoms with Crippen LogP contribution in [0.15, 0.2) is 17.5 Å². The second kappa shape index (κ2) is 10.3. The summed E-state index contributed by atoms with van der Waals surface area (Å²) in [5.74, 6) is 0.280. The third-order valence-electron chi connectivity index (χ3n) is 3.66. The third-order valence-corrected chi connectivity index (χ3v) is 5.06. The number of hydrogen-bond acceptors (Lipinski definition) is 6. The van der Waals surface area contributed by atoms with E-state index in [4.69, 9.17) is 21.1 Å². The van der Waals surface area contributed by atoms with Gasteiger partial charge in [-0.1, -0.05) is 11.6 Å². The van der Waals surface area contributed by atoms with Gasteiger partial charge < -0.3 is 14.8 Å². The summed E-state index contributed by atoms with van der Waals surface area (Å²) in [4.78, 5) is 27.6. The van der Waals surface area contributed by atoms with Crippen molar-refractivity contribution >= 4 is 39.9 Å². The van der Waals surface area contributed by atoms with Crippen LogP contribution in [0.4, 0.5) is 5.13 Å². The molecule has 2 rings (SSSR count). The lowest BCUT2D eigenvalue weighted by atomic mass is 10.1. The van der Waals surface area contributed by atoms with Crippen LogP contribution in [0.1, 0.15) is 36.6 Å². The molecule has 146 valence electrons. The van der Waals surface area contributed by atoms with Gasteiger partial charge in [0.15, 0.2) is 5.13 Å². The first-order chi connectivity index (χ1) is 12.9. The Morgan fingerprint density at radius 2 is 1.96 bits per heavy atom. The fraction of sp³-hybridized carbons (Fsp3) is 0.421. The Morgan fingerprint density at radius 1 is 1.26 bits per heavy atom. The van der Waals surface area contributed by atoms with Gasteiger partial charge in [-0.05, 0) is 50.5 Å². The van der Waals surface area contributed by atoms with E-state index in [1.54, 1.807) is 12.3 Å². The maximum absolute atomic E-state index is 12.0. The highest BCUT2D eigenvalue weighted by molar-refractivity contribution is 7.13. The first kappa shape index (κ1) is 21.2. The van der Waals surface area contributed by atoms with Gasteiger partial charge >= 0.3 is 5.97 Å². The van der Waals surface area contributed by atoms with Gasteiger partial charge in [-0.15, -0.1) is 11.3 Å².